The monoisotopic (exact) mass is 538 g/mol. The van der Waals surface area contributed by atoms with Gasteiger partial charge in [0.05, 0.1) is 30.1 Å². The number of nitrogens with zero attached hydrogens (tertiary/aromatic N) is 3. The van der Waals surface area contributed by atoms with E-state index in [2.05, 4.69) is 22.2 Å². The number of rotatable bonds is 7. The molecule has 1 aromatic heterocycles. The minimum atomic E-state index is -4.34. The molecule has 1 aromatic carbocycles. The van der Waals surface area contributed by atoms with Crippen LogP contribution in [0.5, 0.6) is 0 Å². The fraction of sp³-hybridized carbons (Fsp3) is 0.630. The first-order valence-electron chi connectivity index (χ1n) is 13.2. The SMILES string of the molecule is C[C@@H]1COC[C@@H](CNc2cnn(C3CCC(N(c4ccc(C(F)(F)F)cc4)C4CC4)CC3)c(=O)c2Cl)C1. The summed E-state index contributed by atoms with van der Waals surface area (Å²) in [6, 6.07) is 6.06. The molecule has 0 amide bonds. The maximum atomic E-state index is 13.1. The van der Waals surface area contributed by atoms with E-state index in [9.17, 15) is 18.0 Å². The van der Waals surface area contributed by atoms with Gasteiger partial charge in [0.1, 0.15) is 5.02 Å². The number of alkyl halides is 3. The van der Waals surface area contributed by atoms with Crippen molar-refractivity contribution in [1.82, 2.24) is 9.78 Å². The number of hydrogen-bond acceptors (Lipinski definition) is 5. The van der Waals surface area contributed by atoms with E-state index in [0.29, 0.717) is 36.7 Å². The predicted molar refractivity (Wildman–Crippen MR) is 138 cm³/mol. The summed E-state index contributed by atoms with van der Waals surface area (Å²) in [5, 5.41) is 7.90. The molecule has 202 valence electrons. The van der Waals surface area contributed by atoms with Crippen molar-refractivity contribution >= 4 is 23.0 Å². The Kier molecular flexibility index (Phi) is 7.73. The molecule has 2 aliphatic carbocycles. The van der Waals surface area contributed by atoms with Gasteiger partial charge >= 0.3 is 6.18 Å². The molecule has 0 unspecified atom stereocenters. The molecule has 2 saturated carbocycles. The molecule has 1 N–H and O–H groups in total. The lowest BCUT2D eigenvalue weighted by molar-refractivity contribution is -0.137. The minimum absolute atomic E-state index is 0.0449. The van der Waals surface area contributed by atoms with Gasteiger partial charge < -0.3 is 15.0 Å². The van der Waals surface area contributed by atoms with Crippen LogP contribution in [0.25, 0.3) is 0 Å². The van der Waals surface area contributed by atoms with Crippen LogP contribution < -0.4 is 15.8 Å². The molecule has 2 aromatic rings. The zero-order valence-electron chi connectivity index (χ0n) is 21.0. The van der Waals surface area contributed by atoms with E-state index >= 15 is 0 Å². The van der Waals surface area contributed by atoms with E-state index < -0.39 is 11.7 Å². The fourth-order valence-corrected chi connectivity index (χ4v) is 6.04. The summed E-state index contributed by atoms with van der Waals surface area (Å²) in [7, 11) is 0. The predicted octanol–water partition coefficient (Wildman–Crippen LogP) is 6.15. The van der Waals surface area contributed by atoms with Gasteiger partial charge in [-0.05, 0) is 81.0 Å². The lowest BCUT2D eigenvalue weighted by Crippen LogP contribution is -2.41. The van der Waals surface area contributed by atoms with Crippen molar-refractivity contribution in [1.29, 1.82) is 0 Å². The van der Waals surface area contributed by atoms with Gasteiger partial charge in [-0.25, -0.2) is 4.68 Å². The van der Waals surface area contributed by atoms with Gasteiger partial charge in [-0.3, -0.25) is 4.79 Å². The summed E-state index contributed by atoms with van der Waals surface area (Å²) >= 11 is 6.46. The number of nitrogens with one attached hydrogen (secondary N) is 1. The molecule has 5 rings (SSSR count). The van der Waals surface area contributed by atoms with Crippen LogP contribution in [0, 0.1) is 11.8 Å². The van der Waals surface area contributed by atoms with Crippen LogP contribution in [0.2, 0.25) is 5.02 Å². The summed E-state index contributed by atoms with van der Waals surface area (Å²) in [6.07, 6.45) is 3.70. The highest BCUT2D eigenvalue weighted by atomic mass is 35.5. The Bertz CT molecular complexity index is 1130. The second-order valence-electron chi connectivity index (χ2n) is 10.9. The van der Waals surface area contributed by atoms with Crippen molar-refractivity contribution in [2.24, 2.45) is 11.8 Å². The standard InChI is InChI=1S/C27H34ClF3N4O2/c1-17-12-18(16-37-15-17)13-32-24-14-33-35(26(36)25(24)28)23-10-8-22(9-11-23)34(21-6-7-21)20-4-2-19(3-5-20)27(29,30)31/h2-5,14,17-18,21-23,32H,6-13,15-16H2,1H3/t17-,18+,22?,23?/m0/s1. The smallest absolute Gasteiger partial charge is 0.382 e. The van der Waals surface area contributed by atoms with E-state index in [1.165, 1.54) is 16.8 Å². The number of halogens is 4. The Hall–Kier alpha value is -2.26. The Morgan fingerprint density at radius 2 is 1.73 bits per heavy atom. The van der Waals surface area contributed by atoms with Crippen molar-refractivity contribution in [2.75, 3.05) is 30.0 Å². The molecule has 37 heavy (non-hydrogen) atoms. The molecular formula is C27H34ClF3N4O2. The molecule has 0 spiro atoms. The topological polar surface area (TPSA) is 59.4 Å². The van der Waals surface area contributed by atoms with Crippen molar-refractivity contribution in [2.45, 2.75) is 76.2 Å². The molecule has 3 aliphatic rings. The van der Waals surface area contributed by atoms with E-state index in [0.717, 1.165) is 57.2 Å². The number of anilines is 2. The summed E-state index contributed by atoms with van der Waals surface area (Å²) in [5.41, 5.74) is 0.477. The summed E-state index contributed by atoms with van der Waals surface area (Å²) in [5.74, 6) is 0.893. The van der Waals surface area contributed by atoms with Crippen molar-refractivity contribution < 1.29 is 17.9 Å². The first kappa shape index (κ1) is 26.4. The number of hydrogen-bond donors (Lipinski definition) is 1. The van der Waals surface area contributed by atoms with Crippen LogP contribution >= 0.6 is 11.6 Å². The van der Waals surface area contributed by atoms with Crippen LogP contribution in [-0.2, 0) is 10.9 Å². The third-order valence-corrected chi connectivity index (χ3v) is 8.22. The summed E-state index contributed by atoms with van der Waals surface area (Å²) in [6.45, 7) is 4.35. The molecular weight excluding hydrogens is 505 g/mol. The van der Waals surface area contributed by atoms with Gasteiger partial charge in [-0.2, -0.15) is 18.3 Å². The second kappa shape index (κ2) is 10.8. The van der Waals surface area contributed by atoms with Gasteiger partial charge in [0.15, 0.2) is 0 Å². The second-order valence-corrected chi connectivity index (χ2v) is 11.3. The molecule has 1 saturated heterocycles. The highest BCUT2D eigenvalue weighted by Gasteiger charge is 2.37. The molecule has 0 radical (unpaired) electrons. The maximum Gasteiger partial charge on any atom is 0.416 e. The maximum absolute atomic E-state index is 13.1. The minimum Gasteiger partial charge on any atom is -0.382 e. The van der Waals surface area contributed by atoms with Crippen LogP contribution in [0.15, 0.2) is 35.3 Å². The van der Waals surface area contributed by atoms with Gasteiger partial charge in [0.2, 0.25) is 0 Å². The van der Waals surface area contributed by atoms with E-state index in [1.54, 1.807) is 18.3 Å². The lowest BCUT2D eigenvalue weighted by atomic mass is 9.89. The zero-order chi connectivity index (χ0) is 26.2. The Balaban J connectivity index is 1.22. The van der Waals surface area contributed by atoms with Crippen molar-refractivity contribution in [3.63, 3.8) is 0 Å². The van der Waals surface area contributed by atoms with Gasteiger partial charge in [0, 0.05) is 30.9 Å². The number of aromatic nitrogens is 2. The fourth-order valence-electron chi connectivity index (χ4n) is 5.84. The van der Waals surface area contributed by atoms with E-state index in [-0.39, 0.29) is 22.7 Å². The molecule has 2 heterocycles. The van der Waals surface area contributed by atoms with Gasteiger partial charge in [-0.15, -0.1) is 0 Å². The Morgan fingerprint density at radius 1 is 1.08 bits per heavy atom. The van der Waals surface area contributed by atoms with Gasteiger partial charge in [0.25, 0.3) is 5.56 Å². The molecule has 1 aliphatic heterocycles. The Morgan fingerprint density at radius 3 is 2.32 bits per heavy atom. The van der Waals surface area contributed by atoms with Crippen LogP contribution in [-0.4, -0.2) is 41.6 Å². The van der Waals surface area contributed by atoms with Crippen molar-refractivity contribution in [3.05, 3.63) is 51.4 Å². The van der Waals surface area contributed by atoms with Gasteiger partial charge in [-0.1, -0.05) is 18.5 Å². The number of ether oxygens (including phenoxy) is 1. The van der Waals surface area contributed by atoms with E-state index in [4.69, 9.17) is 16.3 Å². The van der Waals surface area contributed by atoms with Crippen LogP contribution in [0.1, 0.15) is 63.5 Å². The molecule has 2 atom stereocenters. The van der Waals surface area contributed by atoms with Crippen LogP contribution in [0.3, 0.4) is 0 Å². The van der Waals surface area contributed by atoms with Crippen molar-refractivity contribution in [3.8, 4) is 0 Å². The zero-order valence-corrected chi connectivity index (χ0v) is 21.8. The van der Waals surface area contributed by atoms with Crippen LogP contribution in [0.4, 0.5) is 24.5 Å². The third-order valence-electron chi connectivity index (χ3n) is 7.85. The summed E-state index contributed by atoms with van der Waals surface area (Å²) in [4.78, 5) is 15.4. The molecule has 10 heteroatoms. The lowest BCUT2D eigenvalue weighted by Gasteiger charge is -2.39. The quantitative estimate of drug-likeness (QED) is 0.458. The molecule has 3 fully saturated rings. The first-order chi connectivity index (χ1) is 17.7. The normalized spacial score (nSPS) is 26.6. The highest BCUT2D eigenvalue weighted by molar-refractivity contribution is 6.32. The average Bonchev–Trinajstić information content (AvgIpc) is 3.71. The molecule has 6 nitrogen and oxygen atoms in total. The first-order valence-corrected chi connectivity index (χ1v) is 13.6. The average molecular weight is 539 g/mol. The highest BCUT2D eigenvalue weighted by Crippen LogP contribution is 2.40. The largest absolute Gasteiger partial charge is 0.416 e. The third kappa shape index (κ3) is 6.08. The summed E-state index contributed by atoms with van der Waals surface area (Å²) < 4.78 is 46.2. The number of benzene rings is 1. The van der Waals surface area contributed by atoms with E-state index in [1.807, 2.05) is 0 Å². The molecule has 0 bridgehead atoms. The Labute approximate surface area is 220 Å².